The van der Waals surface area contributed by atoms with E-state index in [1.807, 2.05) is 18.2 Å². The normalized spacial score (nSPS) is 25.0. The molecule has 1 amide bonds. The SMILES string of the molecule is C[C@]12CCCN(C(=O)c3ccc4nc[nH]c4c3)[C@H]1CCc1ccccc12. The van der Waals surface area contributed by atoms with E-state index >= 15 is 0 Å². The maximum Gasteiger partial charge on any atom is 0.254 e. The number of carbonyl (C=O) groups excluding carboxylic acids is 1. The first-order chi connectivity index (χ1) is 12.7. The van der Waals surface area contributed by atoms with E-state index in [0.29, 0.717) is 0 Å². The topological polar surface area (TPSA) is 49.0 Å². The molecule has 2 aliphatic rings. The van der Waals surface area contributed by atoms with Crippen molar-refractivity contribution in [2.45, 2.75) is 44.1 Å². The molecule has 132 valence electrons. The molecule has 0 spiro atoms. The number of benzene rings is 2. The van der Waals surface area contributed by atoms with Crippen LogP contribution in [0.25, 0.3) is 11.0 Å². The van der Waals surface area contributed by atoms with Crippen molar-refractivity contribution in [3.05, 3.63) is 65.5 Å². The fraction of sp³-hybridized carbons (Fsp3) is 0.364. The van der Waals surface area contributed by atoms with Crippen LogP contribution in [-0.4, -0.2) is 33.4 Å². The van der Waals surface area contributed by atoms with E-state index in [1.54, 1.807) is 6.33 Å². The van der Waals surface area contributed by atoms with Crippen molar-refractivity contribution in [3.63, 3.8) is 0 Å². The monoisotopic (exact) mass is 345 g/mol. The van der Waals surface area contributed by atoms with Crippen LogP contribution < -0.4 is 0 Å². The van der Waals surface area contributed by atoms with Crippen LogP contribution in [0.5, 0.6) is 0 Å². The van der Waals surface area contributed by atoms with Gasteiger partial charge in [-0.25, -0.2) is 4.98 Å². The highest BCUT2D eigenvalue weighted by atomic mass is 16.2. The van der Waals surface area contributed by atoms with Crippen LogP contribution >= 0.6 is 0 Å². The van der Waals surface area contributed by atoms with Crippen molar-refractivity contribution in [3.8, 4) is 0 Å². The standard InChI is InChI=1S/C22H23N3O/c1-22-11-4-12-25(20(22)10-8-15-5-2-3-6-17(15)22)21(26)16-7-9-18-19(13-16)24-14-23-18/h2-3,5-7,9,13-14,20H,4,8,10-12H2,1H3,(H,23,24)/t20-,22+/m0/s1. The lowest BCUT2D eigenvalue weighted by atomic mass is 9.63. The van der Waals surface area contributed by atoms with Gasteiger partial charge in [-0.15, -0.1) is 0 Å². The van der Waals surface area contributed by atoms with Crippen LogP contribution in [0.15, 0.2) is 48.8 Å². The van der Waals surface area contributed by atoms with Crippen molar-refractivity contribution in [1.29, 1.82) is 0 Å². The second-order valence-corrected chi connectivity index (χ2v) is 7.87. The Morgan fingerprint density at radius 2 is 2.15 bits per heavy atom. The third kappa shape index (κ3) is 2.21. The number of aromatic amines is 1. The third-order valence-corrected chi connectivity index (χ3v) is 6.45. The number of H-pyrrole nitrogens is 1. The Bertz CT molecular complexity index is 992. The van der Waals surface area contributed by atoms with Crippen LogP contribution in [0, 0.1) is 0 Å². The van der Waals surface area contributed by atoms with E-state index in [1.165, 1.54) is 11.1 Å². The van der Waals surface area contributed by atoms with Gasteiger partial charge in [-0.2, -0.15) is 0 Å². The van der Waals surface area contributed by atoms with Gasteiger partial charge >= 0.3 is 0 Å². The van der Waals surface area contributed by atoms with Crippen LogP contribution in [0.3, 0.4) is 0 Å². The number of nitrogens with zero attached hydrogens (tertiary/aromatic N) is 2. The number of piperidine rings is 1. The summed E-state index contributed by atoms with van der Waals surface area (Å²) in [4.78, 5) is 22.9. The Kier molecular flexibility index (Phi) is 3.42. The smallest absolute Gasteiger partial charge is 0.254 e. The van der Waals surface area contributed by atoms with E-state index in [2.05, 4.69) is 46.1 Å². The Hall–Kier alpha value is -2.62. The molecule has 1 aliphatic carbocycles. The molecule has 26 heavy (non-hydrogen) atoms. The summed E-state index contributed by atoms with van der Waals surface area (Å²) in [6.07, 6.45) is 5.98. The number of carbonyl (C=O) groups is 1. The zero-order valence-electron chi connectivity index (χ0n) is 15.0. The highest BCUT2D eigenvalue weighted by molar-refractivity contribution is 5.97. The van der Waals surface area contributed by atoms with Crippen LogP contribution in [0.2, 0.25) is 0 Å². The molecule has 1 N–H and O–H groups in total. The Morgan fingerprint density at radius 3 is 3.08 bits per heavy atom. The van der Waals surface area contributed by atoms with Crippen molar-refractivity contribution >= 4 is 16.9 Å². The maximum absolute atomic E-state index is 13.4. The Labute approximate surface area is 153 Å². The Morgan fingerprint density at radius 1 is 1.27 bits per heavy atom. The second-order valence-electron chi connectivity index (χ2n) is 7.87. The number of fused-ring (bicyclic) bond motifs is 4. The average molecular weight is 345 g/mol. The summed E-state index contributed by atoms with van der Waals surface area (Å²) in [7, 11) is 0. The fourth-order valence-electron chi connectivity index (χ4n) is 5.14. The third-order valence-electron chi connectivity index (χ3n) is 6.45. The predicted octanol–water partition coefficient (Wildman–Crippen LogP) is 4.07. The molecule has 1 aliphatic heterocycles. The number of imidazole rings is 1. The number of aryl methyl sites for hydroxylation is 1. The molecule has 2 heterocycles. The molecule has 4 heteroatoms. The summed E-state index contributed by atoms with van der Waals surface area (Å²) in [5, 5.41) is 0. The Balaban J connectivity index is 1.52. The van der Waals surface area contributed by atoms with Gasteiger partial charge in [0.2, 0.25) is 0 Å². The minimum Gasteiger partial charge on any atom is -0.345 e. The number of rotatable bonds is 1. The largest absolute Gasteiger partial charge is 0.345 e. The quantitative estimate of drug-likeness (QED) is 0.723. The van der Waals surface area contributed by atoms with E-state index < -0.39 is 0 Å². The molecule has 0 unspecified atom stereocenters. The van der Waals surface area contributed by atoms with E-state index in [-0.39, 0.29) is 17.4 Å². The first-order valence-electron chi connectivity index (χ1n) is 9.49. The zero-order chi connectivity index (χ0) is 17.7. The molecular formula is C22H23N3O. The first kappa shape index (κ1) is 15.6. The second kappa shape index (κ2) is 5.70. The van der Waals surface area contributed by atoms with Crippen molar-refractivity contribution in [1.82, 2.24) is 14.9 Å². The molecule has 0 bridgehead atoms. The molecule has 1 saturated heterocycles. The summed E-state index contributed by atoms with van der Waals surface area (Å²) < 4.78 is 0. The van der Waals surface area contributed by atoms with Crippen LogP contribution in [0.1, 0.15) is 47.7 Å². The molecule has 3 aromatic rings. The first-order valence-corrected chi connectivity index (χ1v) is 9.49. The van der Waals surface area contributed by atoms with Gasteiger partial charge in [0.15, 0.2) is 0 Å². The van der Waals surface area contributed by atoms with Crippen molar-refractivity contribution in [2.24, 2.45) is 0 Å². The summed E-state index contributed by atoms with van der Waals surface area (Å²) in [6, 6.07) is 14.8. The minimum absolute atomic E-state index is 0.0564. The lowest BCUT2D eigenvalue weighted by Gasteiger charge is -2.52. The maximum atomic E-state index is 13.4. The van der Waals surface area contributed by atoms with E-state index in [9.17, 15) is 4.79 Å². The van der Waals surface area contributed by atoms with Gasteiger partial charge in [-0.05, 0) is 55.0 Å². The number of aromatic nitrogens is 2. The number of hydrogen-bond donors (Lipinski definition) is 1. The molecular weight excluding hydrogens is 322 g/mol. The van der Waals surface area contributed by atoms with Crippen molar-refractivity contribution < 1.29 is 4.79 Å². The zero-order valence-corrected chi connectivity index (χ0v) is 15.0. The molecule has 2 aromatic carbocycles. The summed E-state index contributed by atoms with van der Waals surface area (Å²) in [5.41, 5.74) is 5.53. The number of hydrogen-bond acceptors (Lipinski definition) is 2. The lowest BCUT2D eigenvalue weighted by Crippen LogP contribution is -2.57. The summed E-state index contributed by atoms with van der Waals surface area (Å²) in [6.45, 7) is 3.20. The summed E-state index contributed by atoms with van der Waals surface area (Å²) in [5.74, 6) is 0.150. The molecule has 0 radical (unpaired) electrons. The molecule has 2 atom stereocenters. The molecule has 4 nitrogen and oxygen atoms in total. The molecule has 0 saturated carbocycles. The predicted molar refractivity (Wildman–Crippen MR) is 102 cm³/mol. The number of amides is 1. The van der Waals surface area contributed by atoms with Gasteiger partial charge in [-0.3, -0.25) is 4.79 Å². The lowest BCUT2D eigenvalue weighted by molar-refractivity contribution is 0.0390. The van der Waals surface area contributed by atoms with Gasteiger partial charge in [-0.1, -0.05) is 31.2 Å². The van der Waals surface area contributed by atoms with Crippen LogP contribution in [0.4, 0.5) is 0 Å². The fourth-order valence-corrected chi connectivity index (χ4v) is 5.14. The number of likely N-dealkylation sites (tertiary alicyclic amines) is 1. The van der Waals surface area contributed by atoms with E-state index in [4.69, 9.17) is 0 Å². The van der Waals surface area contributed by atoms with Crippen molar-refractivity contribution in [2.75, 3.05) is 6.54 Å². The van der Waals surface area contributed by atoms with Gasteiger partial charge in [0.25, 0.3) is 5.91 Å². The highest BCUT2D eigenvalue weighted by Crippen LogP contribution is 2.46. The minimum atomic E-state index is 0.0564. The summed E-state index contributed by atoms with van der Waals surface area (Å²) >= 11 is 0. The van der Waals surface area contributed by atoms with Gasteiger partial charge < -0.3 is 9.88 Å². The molecule has 5 rings (SSSR count). The highest BCUT2D eigenvalue weighted by Gasteiger charge is 2.46. The molecule has 1 aromatic heterocycles. The van der Waals surface area contributed by atoms with Gasteiger partial charge in [0.1, 0.15) is 0 Å². The van der Waals surface area contributed by atoms with Gasteiger partial charge in [0, 0.05) is 23.6 Å². The number of nitrogens with one attached hydrogen (secondary N) is 1. The average Bonchev–Trinajstić information content (AvgIpc) is 3.14. The molecule has 1 fully saturated rings. The van der Waals surface area contributed by atoms with E-state index in [0.717, 1.165) is 48.8 Å². The van der Waals surface area contributed by atoms with Gasteiger partial charge in [0.05, 0.1) is 17.4 Å². The van der Waals surface area contributed by atoms with Crippen LogP contribution in [-0.2, 0) is 11.8 Å².